The summed E-state index contributed by atoms with van der Waals surface area (Å²) >= 11 is 0. The van der Waals surface area contributed by atoms with Crippen molar-refractivity contribution in [3.63, 3.8) is 0 Å². The molecular formula is C23H26F3N3O5. The minimum atomic E-state index is -4.18. The van der Waals surface area contributed by atoms with Crippen molar-refractivity contribution in [2.24, 2.45) is 5.73 Å². The van der Waals surface area contributed by atoms with Crippen LogP contribution in [0.15, 0.2) is 54.6 Å². The third kappa shape index (κ3) is 7.48. The van der Waals surface area contributed by atoms with E-state index >= 15 is 0 Å². The summed E-state index contributed by atoms with van der Waals surface area (Å²) in [7, 11) is 0. The van der Waals surface area contributed by atoms with Gasteiger partial charge in [-0.3, -0.25) is 9.69 Å². The molecule has 11 heteroatoms. The number of anilines is 1. The summed E-state index contributed by atoms with van der Waals surface area (Å²) in [6.07, 6.45) is -4.35. The lowest BCUT2D eigenvalue weighted by molar-refractivity contribution is -0.140. The third-order valence-corrected chi connectivity index (χ3v) is 4.94. The fourth-order valence-electron chi connectivity index (χ4n) is 3.27. The first kappa shape index (κ1) is 26.7. The van der Waals surface area contributed by atoms with E-state index in [1.54, 1.807) is 25.1 Å². The number of fused-ring (bicyclic) bond motifs is 1. The molecule has 0 spiro atoms. The van der Waals surface area contributed by atoms with E-state index in [1.165, 1.54) is 4.90 Å². The number of halogens is 3. The van der Waals surface area contributed by atoms with Gasteiger partial charge in [0.2, 0.25) is 0 Å². The maximum Gasteiger partial charge on any atom is 0.408 e. The quantitative estimate of drug-likeness (QED) is 0.582. The smallest absolute Gasteiger partial charge is 0.408 e. The molecule has 8 nitrogen and oxygen atoms in total. The van der Waals surface area contributed by atoms with Gasteiger partial charge in [-0.15, -0.1) is 0 Å². The number of nitrogens with two attached hydrogens (primary N) is 1. The zero-order chi connectivity index (χ0) is 25.3. The molecule has 0 aromatic heterocycles. The number of carboxylic acids is 1. The molecule has 1 aliphatic rings. The van der Waals surface area contributed by atoms with Gasteiger partial charge in [0, 0.05) is 12.1 Å². The molecule has 3 rings (SSSR count). The number of hydrogen-bond acceptors (Lipinski definition) is 5. The number of aliphatic carboxylic acids is 1. The van der Waals surface area contributed by atoms with Crippen LogP contribution >= 0.6 is 0 Å². The van der Waals surface area contributed by atoms with E-state index in [4.69, 9.17) is 4.74 Å². The highest BCUT2D eigenvalue weighted by Gasteiger charge is 2.40. The zero-order valence-electron chi connectivity index (χ0n) is 18.4. The van der Waals surface area contributed by atoms with Crippen LogP contribution in [0.1, 0.15) is 24.5 Å². The van der Waals surface area contributed by atoms with E-state index in [1.807, 2.05) is 36.4 Å². The van der Waals surface area contributed by atoms with Crippen LogP contribution in [-0.2, 0) is 27.4 Å². The molecule has 0 bridgehead atoms. The number of hydrogen-bond donors (Lipinski definition) is 3. The lowest BCUT2D eigenvalue weighted by Gasteiger charge is -2.27. The molecule has 1 aliphatic heterocycles. The largest absolute Gasteiger partial charge is 0.480 e. The molecule has 1 heterocycles. The van der Waals surface area contributed by atoms with E-state index in [-0.39, 0.29) is 13.0 Å². The van der Waals surface area contributed by atoms with E-state index in [0.717, 1.165) is 11.1 Å². The normalized spacial score (nSPS) is 15.4. The highest BCUT2D eigenvalue weighted by atomic mass is 19.4. The Morgan fingerprint density at radius 3 is 2.29 bits per heavy atom. The fraction of sp³-hybridized carbons (Fsp3) is 0.348. The summed E-state index contributed by atoms with van der Waals surface area (Å²) in [4.78, 5) is 38.1. The monoisotopic (exact) mass is 481 g/mol. The van der Waals surface area contributed by atoms with E-state index in [9.17, 15) is 32.7 Å². The molecule has 34 heavy (non-hydrogen) atoms. The topological polar surface area (TPSA) is 122 Å². The van der Waals surface area contributed by atoms with Gasteiger partial charge in [-0.2, -0.15) is 13.2 Å². The average Bonchev–Trinajstić information content (AvgIpc) is 3.21. The van der Waals surface area contributed by atoms with Gasteiger partial charge in [-0.25, -0.2) is 9.59 Å². The van der Waals surface area contributed by atoms with Crippen LogP contribution in [0, 0.1) is 0 Å². The van der Waals surface area contributed by atoms with Crippen LogP contribution in [0.3, 0.4) is 0 Å². The SMILES string of the molecule is CC[C@H](NC(=O)OCc1ccccc1)C(=O)N1c2ccccc2C[C@H]1C(=O)O.NCC(F)(F)F. The highest BCUT2D eigenvalue weighted by molar-refractivity contribution is 6.05. The molecule has 2 aromatic carbocycles. The number of alkyl halides is 3. The van der Waals surface area contributed by atoms with E-state index in [0.29, 0.717) is 12.1 Å². The maximum atomic E-state index is 13.1. The standard InChI is InChI=1S/C21H22N2O5.C2H4F3N/c1-2-16(22-21(27)28-13-14-8-4-3-5-9-14)19(24)23-17-11-7-6-10-15(17)12-18(23)20(25)26;3-2(4,5)1-6/h3-11,16,18H,2,12-13H2,1H3,(H,22,27)(H,25,26);1,6H2/t16-,18-;/m0./s1. The van der Waals surface area contributed by atoms with Gasteiger partial charge in [0.05, 0.1) is 6.54 Å². The number of carbonyl (C=O) groups is 3. The Morgan fingerprint density at radius 1 is 1.15 bits per heavy atom. The summed E-state index contributed by atoms with van der Waals surface area (Å²) in [6.45, 7) is 0.604. The molecule has 0 radical (unpaired) electrons. The molecule has 184 valence electrons. The summed E-state index contributed by atoms with van der Waals surface area (Å²) in [5.74, 6) is -1.54. The van der Waals surface area contributed by atoms with Gasteiger partial charge in [0.25, 0.3) is 5.91 Å². The third-order valence-electron chi connectivity index (χ3n) is 4.94. The van der Waals surface area contributed by atoms with Crippen molar-refractivity contribution in [3.8, 4) is 0 Å². The second-order valence-corrected chi connectivity index (χ2v) is 7.38. The number of alkyl carbamates (subject to hydrolysis) is 1. The number of para-hydroxylation sites is 1. The maximum absolute atomic E-state index is 13.1. The first-order chi connectivity index (χ1) is 16.1. The average molecular weight is 481 g/mol. The van der Waals surface area contributed by atoms with Crippen LogP contribution in [0.4, 0.5) is 23.7 Å². The second-order valence-electron chi connectivity index (χ2n) is 7.38. The van der Waals surface area contributed by atoms with Crippen molar-refractivity contribution in [1.29, 1.82) is 0 Å². The molecule has 0 saturated heterocycles. The summed E-state index contributed by atoms with van der Waals surface area (Å²) in [6, 6.07) is 14.4. The van der Waals surface area contributed by atoms with E-state index in [2.05, 4.69) is 11.1 Å². The molecule has 4 N–H and O–H groups in total. The first-order valence-electron chi connectivity index (χ1n) is 10.4. The Balaban J connectivity index is 0.000000604. The van der Waals surface area contributed by atoms with Crippen LogP contribution in [0.2, 0.25) is 0 Å². The molecular weight excluding hydrogens is 455 g/mol. The molecule has 0 fully saturated rings. The predicted molar refractivity (Wildman–Crippen MR) is 118 cm³/mol. The Hall–Kier alpha value is -3.60. The second kappa shape index (κ2) is 12.0. The van der Waals surface area contributed by atoms with Crippen molar-refractivity contribution in [2.45, 2.75) is 44.6 Å². The number of rotatable bonds is 6. The minimum Gasteiger partial charge on any atom is -0.480 e. The molecule has 2 aromatic rings. The number of carbonyl (C=O) groups excluding carboxylic acids is 2. The number of carboxylic acid groups (broad SMARTS) is 1. The first-order valence-corrected chi connectivity index (χ1v) is 10.4. The predicted octanol–water partition coefficient (Wildman–Crippen LogP) is 3.24. The van der Waals surface area contributed by atoms with Crippen LogP contribution < -0.4 is 16.0 Å². The van der Waals surface area contributed by atoms with Gasteiger partial charge in [0.1, 0.15) is 18.7 Å². The Bertz CT molecular complexity index is 985. The lowest BCUT2D eigenvalue weighted by atomic mass is 10.1. The van der Waals surface area contributed by atoms with Crippen LogP contribution in [-0.4, -0.2) is 47.9 Å². The molecule has 2 atom stereocenters. The van der Waals surface area contributed by atoms with Crippen molar-refractivity contribution < 1.29 is 37.4 Å². The zero-order valence-corrected chi connectivity index (χ0v) is 18.4. The van der Waals surface area contributed by atoms with Crippen LogP contribution in [0.25, 0.3) is 0 Å². The number of amides is 2. The van der Waals surface area contributed by atoms with Gasteiger partial charge in [0.15, 0.2) is 0 Å². The number of nitrogens with one attached hydrogen (secondary N) is 1. The van der Waals surface area contributed by atoms with E-state index < -0.39 is 42.8 Å². The van der Waals surface area contributed by atoms with Gasteiger partial charge in [-0.1, -0.05) is 55.5 Å². The summed E-state index contributed by atoms with van der Waals surface area (Å²) in [5.41, 5.74) is 6.37. The highest BCUT2D eigenvalue weighted by Crippen LogP contribution is 2.33. The number of nitrogens with zero attached hydrogens (tertiary/aromatic N) is 1. The molecule has 0 unspecified atom stereocenters. The van der Waals surface area contributed by atoms with Gasteiger partial charge >= 0.3 is 18.2 Å². The van der Waals surface area contributed by atoms with Crippen molar-refractivity contribution in [3.05, 3.63) is 65.7 Å². The molecule has 0 aliphatic carbocycles. The Labute approximate surface area is 194 Å². The number of ether oxygens (including phenoxy) is 1. The van der Waals surface area contributed by atoms with Crippen molar-refractivity contribution in [2.75, 3.05) is 11.4 Å². The Kier molecular flexibility index (Phi) is 9.43. The Morgan fingerprint density at radius 2 is 1.74 bits per heavy atom. The van der Waals surface area contributed by atoms with Crippen molar-refractivity contribution >= 4 is 23.7 Å². The summed E-state index contributed by atoms with van der Waals surface area (Å²) < 4.78 is 37.2. The lowest BCUT2D eigenvalue weighted by Crippen LogP contribution is -2.52. The minimum absolute atomic E-state index is 0.0849. The number of benzene rings is 2. The van der Waals surface area contributed by atoms with Crippen molar-refractivity contribution in [1.82, 2.24) is 5.32 Å². The van der Waals surface area contributed by atoms with Gasteiger partial charge in [-0.05, 0) is 23.6 Å². The summed E-state index contributed by atoms with van der Waals surface area (Å²) in [5, 5.41) is 12.1. The van der Waals surface area contributed by atoms with Crippen LogP contribution in [0.5, 0.6) is 0 Å². The molecule has 0 saturated carbocycles. The van der Waals surface area contributed by atoms with Gasteiger partial charge < -0.3 is 20.9 Å². The fourth-order valence-corrected chi connectivity index (χ4v) is 3.27. The molecule has 2 amide bonds.